The van der Waals surface area contributed by atoms with Crippen LogP contribution in [0.15, 0.2) is 42.5 Å². The van der Waals surface area contributed by atoms with Gasteiger partial charge < -0.3 is 19.3 Å². The summed E-state index contributed by atoms with van der Waals surface area (Å²) in [4.78, 5) is 16.4. The van der Waals surface area contributed by atoms with Gasteiger partial charge in [0.05, 0.1) is 27.3 Å². The van der Waals surface area contributed by atoms with Crippen LogP contribution in [0.3, 0.4) is 0 Å². The number of benzene rings is 2. The third kappa shape index (κ3) is 4.78. The average molecular weight is 410 g/mol. The molecule has 0 bridgehead atoms. The summed E-state index contributed by atoms with van der Waals surface area (Å²) < 4.78 is 10.9. The van der Waals surface area contributed by atoms with Crippen molar-refractivity contribution in [3.8, 4) is 11.5 Å². The molecule has 0 radical (unpaired) electrons. The van der Waals surface area contributed by atoms with Gasteiger partial charge in [0.2, 0.25) is 0 Å². The number of nitrogens with zero attached hydrogens (tertiary/aromatic N) is 1. The number of likely N-dealkylation sites (tertiary alicyclic amines) is 1. The molecule has 0 saturated carbocycles. The summed E-state index contributed by atoms with van der Waals surface area (Å²) in [6.45, 7) is 4.25. The van der Waals surface area contributed by atoms with E-state index in [0.717, 1.165) is 49.9 Å². The first-order chi connectivity index (χ1) is 14.7. The van der Waals surface area contributed by atoms with E-state index < -0.39 is 0 Å². The summed E-state index contributed by atoms with van der Waals surface area (Å²) in [6.07, 6.45) is 4.45. The maximum Gasteiger partial charge on any atom is 0.278 e. The second-order valence-corrected chi connectivity index (χ2v) is 8.60. The van der Waals surface area contributed by atoms with Gasteiger partial charge in [0.25, 0.3) is 5.91 Å². The number of quaternary nitrogens is 1. The van der Waals surface area contributed by atoms with Crippen molar-refractivity contribution < 1.29 is 19.2 Å². The highest BCUT2D eigenvalue weighted by Crippen LogP contribution is 2.33. The Morgan fingerprint density at radius 2 is 1.70 bits per heavy atom. The minimum atomic E-state index is 0.270. The van der Waals surface area contributed by atoms with E-state index in [-0.39, 0.29) is 5.91 Å². The molecule has 2 aromatic rings. The van der Waals surface area contributed by atoms with Crippen molar-refractivity contribution in [1.29, 1.82) is 0 Å². The van der Waals surface area contributed by atoms with Crippen LogP contribution >= 0.6 is 0 Å². The molecule has 5 heteroatoms. The molecule has 5 nitrogen and oxygen atoms in total. The molecule has 2 aliphatic rings. The quantitative estimate of drug-likeness (QED) is 0.795. The van der Waals surface area contributed by atoms with E-state index in [1.54, 1.807) is 14.2 Å². The van der Waals surface area contributed by atoms with Gasteiger partial charge in [-0.25, -0.2) is 0 Å². The van der Waals surface area contributed by atoms with E-state index in [1.165, 1.54) is 34.4 Å². The van der Waals surface area contributed by atoms with Crippen molar-refractivity contribution in [2.75, 3.05) is 40.4 Å². The van der Waals surface area contributed by atoms with Gasteiger partial charge in [-0.2, -0.15) is 0 Å². The van der Waals surface area contributed by atoms with Crippen LogP contribution in [0.2, 0.25) is 0 Å². The molecule has 2 heterocycles. The fraction of sp³-hybridized carbons (Fsp3) is 0.480. The predicted octanol–water partition coefficient (Wildman–Crippen LogP) is 2.13. The van der Waals surface area contributed by atoms with Crippen LogP contribution in [0.25, 0.3) is 0 Å². The number of hydrogen-bond acceptors (Lipinski definition) is 3. The normalized spacial score (nSPS) is 21.1. The summed E-state index contributed by atoms with van der Waals surface area (Å²) in [5.74, 6) is 2.51. The van der Waals surface area contributed by atoms with Crippen LogP contribution in [0.1, 0.15) is 29.5 Å². The Morgan fingerprint density at radius 1 is 1.03 bits per heavy atom. The van der Waals surface area contributed by atoms with E-state index in [4.69, 9.17) is 9.47 Å². The topological polar surface area (TPSA) is 43.2 Å². The average Bonchev–Trinajstić information content (AvgIpc) is 2.79. The molecule has 4 rings (SSSR count). The number of rotatable bonds is 6. The maximum atomic E-state index is 13.0. The van der Waals surface area contributed by atoms with E-state index in [0.29, 0.717) is 13.1 Å². The smallest absolute Gasteiger partial charge is 0.278 e. The lowest BCUT2D eigenvalue weighted by molar-refractivity contribution is -0.898. The van der Waals surface area contributed by atoms with Crippen molar-refractivity contribution in [1.82, 2.24) is 4.90 Å². The molecule has 0 unspecified atom stereocenters. The van der Waals surface area contributed by atoms with E-state index in [2.05, 4.69) is 36.4 Å². The molecule has 0 atom stereocenters. The maximum absolute atomic E-state index is 13.0. The Kier molecular flexibility index (Phi) is 6.58. The van der Waals surface area contributed by atoms with Crippen molar-refractivity contribution in [3.05, 3.63) is 59.2 Å². The third-order valence-corrected chi connectivity index (χ3v) is 6.65. The van der Waals surface area contributed by atoms with Crippen LogP contribution < -0.4 is 14.4 Å². The zero-order valence-corrected chi connectivity index (χ0v) is 18.2. The predicted molar refractivity (Wildman–Crippen MR) is 117 cm³/mol. The SMILES string of the molecule is COc1cc2c(cc1OC)CN(C(=O)C[NH+]1CCC(Cc3ccccc3)CC1)CC2. The Bertz CT molecular complexity index is 860. The van der Waals surface area contributed by atoms with Gasteiger partial charge in [-0.1, -0.05) is 30.3 Å². The first-order valence-corrected chi connectivity index (χ1v) is 11.0. The monoisotopic (exact) mass is 409 g/mol. The minimum Gasteiger partial charge on any atom is -0.493 e. The molecular weight excluding hydrogens is 376 g/mol. The summed E-state index contributed by atoms with van der Waals surface area (Å²) in [7, 11) is 3.31. The third-order valence-electron chi connectivity index (χ3n) is 6.65. The molecule has 2 aromatic carbocycles. The number of methoxy groups -OCH3 is 2. The minimum absolute atomic E-state index is 0.270. The summed E-state index contributed by atoms with van der Waals surface area (Å²) in [5, 5.41) is 0. The highest BCUT2D eigenvalue weighted by Gasteiger charge is 2.28. The Balaban J connectivity index is 1.29. The zero-order chi connectivity index (χ0) is 20.9. The zero-order valence-electron chi connectivity index (χ0n) is 18.2. The molecule has 0 aliphatic carbocycles. The van der Waals surface area contributed by atoms with Gasteiger partial charge >= 0.3 is 0 Å². The fourth-order valence-electron chi connectivity index (χ4n) is 4.84. The fourth-order valence-corrected chi connectivity index (χ4v) is 4.84. The van der Waals surface area contributed by atoms with Gasteiger partial charge in [0, 0.05) is 13.1 Å². The standard InChI is InChI=1S/C25H32N2O3/c1-29-23-15-21-10-13-27(17-22(21)16-24(23)30-2)25(28)18-26-11-8-20(9-12-26)14-19-6-4-3-5-7-19/h3-7,15-16,20H,8-14,17-18H2,1-2H3/p+1. The van der Waals surface area contributed by atoms with Gasteiger partial charge in [0.15, 0.2) is 18.0 Å². The first kappa shape index (κ1) is 20.7. The number of ether oxygens (including phenoxy) is 2. The van der Waals surface area contributed by atoms with Crippen molar-refractivity contribution >= 4 is 5.91 Å². The second-order valence-electron chi connectivity index (χ2n) is 8.60. The van der Waals surface area contributed by atoms with E-state index in [9.17, 15) is 4.79 Å². The van der Waals surface area contributed by atoms with Crippen LogP contribution in [0, 0.1) is 5.92 Å². The molecular formula is C25H33N2O3+. The molecule has 1 saturated heterocycles. The molecule has 1 fully saturated rings. The largest absolute Gasteiger partial charge is 0.493 e. The number of hydrogen-bond donors (Lipinski definition) is 1. The number of carbonyl (C=O) groups excluding carboxylic acids is 1. The van der Waals surface area contributed by atoms with Crippen molar-refractivity contribution in [2.45, 2.75) is 32.2 Å². The number of fused-ring (bicyclic) bond motifs is 1. The summed E-state index contributed by atoms with van der Waals surface area (Å²) in [6, 6.07) is 14.8. The van der Waals surface area contributed by atoms with Crippen LogP contribution in [-0.2, 0) is 24.2 Å². The van der Waals surface area contributed by atoms with Crippen molar-refractivity contribution in [2.24, 2.45) is 5.92 Å². The first-order valence-electron chi connectivity index (χ1n) is 11.0. The molecule has 1 N–H and O–H groups in total. The van der Waals surface area contributed by atoms with Crippen molar-refractivity contribution in [3.63, 3.8) is 0 Å². The molecule has 160 valence electrons. The lowest BCUT2D eigenvalue weighted by Crippen LogP contribution is -3.14. The Labute approximate surface area is 179 Å². The Morgan fingerprint density at radius 3 is 2.37 bits per heavy atom. The number of carbonyl (C=O) groups is 1. The molecule has 0 aromatic heterocycles. The molecule has 2 aliphatic heterocycles. The number of nitrogens with one attached hydrogen (secondary N) is 1. The van der Waals surface area contributed by atoms with Crippen LogP contribution in [0.5, 0.6) is 11.5 Å². The van der Waals surface area contributed by atoms with E-state index >= 15 is 0 Å². The lowest BCUT2D eigenvalue weighted by Gasteiger charge is -2.33. The lowest BCUT2D eigenvalue weighted by atomic mass is 9.90. The summed E-state index contributed by atoms with van der Waals surface area (Å²) in [5.41, 5.74) is 3.86. The van der Waals surface area contributed by atoms with Gasteiger partial charge in [0.1, 0.15) is 0 Å². The van der Waals surface area contributed by atoms with Gasteiger partial charge in [-0.3, -0.25) is 4.79 Å². The molecule has 30 heavy (non-hydrogen) atoms. The Hall–Kier alpha value is -2.53. The van der Waals surface area contributed by atoms with E-state index in [1.807, 2.05) is 11.0 Å². The highest BCUT2D eigenvalue weighted by molar-refractivity contribution is 5.77. The van der Waals surface area contributed by atoms with Gasteiger partial charge in [-0.05, 0) is 60.4 Å². The van der Waals surface area contributed by atoms with Crippen LogP contribution in [0.4, 0.5) is 0 Å². The molecule has 0 spiro atoms. The van der Waals surface area contributed by atoms with Gasteiger partial charge in [-0.15, -0.1) is 0 Å². The highest BCUT2D eigenvalue weighted by atomic mass is 16.5. The van der Waals surface area contributed by atoms with Crippen LogP contribution in [-0.4, -0.2) is 51.2 Å². The number of amides is 1. The number of piperidine rings is 1. The second kappa shape index (κ2) is 9.52. The summed E-state index contributed by atoms with van der Waals surface area (Å²) >= 11 is 0. The molecule has 1 amide bonds.